The van der Waals surface area contributed by atoms with E-state index in [9.17, 15) is 4.21 Å². The Balaban J connectivity index is 2.13. The number of nitrogens with zero attached hydrogens (tertiary/aromatic N) is 2. The van der Waals surface area contributed by atoms with Crippen molar-refractivity contribution in [3.63, 3.8) is 0 Å². The van der Waals surface area contributed by atoms with Crippen LogP contribution in [-0.2, 0) is 10.8 Å². The molecule has 0 fully saturated rings. The van der Waals surface area contributed by atoms with Crippen LogP contribution in [0.4, 0.5) is 0 Å². The Labute approximate surface area is 120 Å². The second-order valence-corrected chi connectivity index (χ2v) is 6.06. The van der Waals surface area contributed by atoms with Crippen LogP contribution in [0.15, 0.2) is 53.9 Å². The molecule has 0 amide bonds. The van der Waals surface area contributed by atoms with Crippen LogP contribution in [0.2, 0.25) is 0 Å². The molecule has 0 spiro atoms. The Morgan fingerprint density at radius 3 is 2.65 bits per heavy atom. The van der Waals surface area contributed by atoms with E-state index in [0.717, 1.165) is 22.1 Å². The van der Waals surface area contributed by atoms with Crippen molar-refractivity contribution in [1.82, 2.24) is 9.97 Å². The number of rotatable bonds is 2. The zero-order valence-electron chi connectivity index (χ0n) is 11.3. The third kappa shape index (κ3) is 2.34. The van der Waals surface area contributed by atoms with Gasteiger partial charge in [-0.15, -0.1) is 0 Å². The molecule has 3 nitrogen and oxygen atoms in total. The number of hydrogen-bond donors (Lipinski definition) is 0. The van der Waals surface area contributed by atoms with Gasteiger partial charge in [-0.25, -0.2) is 4.98 Å². The highest BCUT2D eigenvalue weighted by molar-refractivity contribution is 7.84. The molecule has 2 aromatic heterocycles. The van der Waals surface area contributed by atoms with E-state index in [2.05, 4.69) is 28.2 Å². The van der Waals surface area contributed by atoms with Crippen molar-refractivity contribution in [2.75, 3.05) is 6.26 Å². The topological polar surface area (TPSA) is 42.9 Å². The molecular weight excluding hydrogens is 268 g/mol. The van der Waals surface area contributed by atoms with E-state index >= 15 is 0 Å². The van der Waals surface area contributed by atoms with E-state index < -0.39 is 10.8 Å². The van der Waals surface area contributed by atoms with Gasteiger partial charge in [-0.3, -0.25) is 9.19 Å². The Hall–Kier alpha value is -2.07. The second-order valence-electron chi connectivity index (χ2n) is 4.73. The highest BCUT2D eigenvalue weighted by atomic mass is 32.2. The van der Waals surface area contributed by atoms with Crippen molar-refractivity contribution in [3.05, 3.63) is 54.5 Å². The average Bonchev–Trinajstić information content (AvgIpc) is 2.46. The van der Waals surface area contributed by atoms with Gasteiger partial charge in [-0.2, -0.15) is 0 Å². The molecule has 1 aromatic carbocycles. The summed E-state index contributed by atoms with van der Waals surface area (Å²) in [7, 11) is -1.05. The molecule has 100 valence electrons. The molecule has 20 heavy (non-hydrogen) atoms. The molecule has 0 aliphatic heterocycles. The van der Waals surface area contributed by atoms with Gasteiger partial charge in [0, 0.05) is 35.8 Å². The normalized spacial score (nSPS) is 12.5. The Morgan fingerprint density at radius 2 is 1.90 bits per heavy atom. The SMILES string of the molecule is Cc1cc(S(C)=O)ncc1-c1ccc2ccncc2c1. The smallest absolute Gasteiger partial charge is 0.127 e. The van der Waals surface area contributed by atoms with E-state index in [0.29, 0.717) is 5.03 Å². The molecule has 3 rings (SSSR count). The van der Waals surface area contributed by atoms with E-state index in [4.69, 9.17) is 0 Å². The molecule has 2 heterocycles. The molecule has 3 aromatic rings. The van der Waals surface area contributed by atoms with Crippen molar-refractivity contribution >= 4 is 21.6 Å². The largest absolute Gasteiger partial charge is 0.264 e. The molecule has 0 N–H and O–H groups in total. The lowest BCUT2D eigenvalue weighted by atomic mass is 10.0. The standard InChI is InChI=1S/C16H14N2OS/c1-11-7-16(20(2)19)18-10-15(11)13-4-3-12-5-6-17-9-14(12)8-13/h3-10H,1-2H3. The van der Waals surface area contributed by atoms with Gasteiger partial charge in [0.2, 0.25) is 0 Å². The minimum atomic E-state index is -1.05. The van der Waals surface area contributed by atoms with Crippen molar-refractivity contribution in [2.24, 2.45) is 0 Å². The maximum Gasteiger partial charge on any atom is 0.127 e. The van der Waals surface area contributed by atoms with Crippen LogP contribution < -0.4 is 0 Å². The molecule has 1 unspecified atom stereocenters. The lowest BCUT2D eigenvalue weighted by Gasteiger charge is -2.08. The fraction of sp³-hybridized carbons (Fsp3) is 0.125. The van der Waals surface area contributed by atoms with Gasteiger partial charge in [0.05, 0.1) is 10.8 Å². The summed E-state index contributed by atoms with van der Waals surface area (Å²) in [6, 6.07) is 10.1. The highest BCUT2D eigenvalue weighted by Gasteiger charge is 2.07. The van der Waals surface area contributed by atoms with Crippen LogP contribution in [0.1, 0.15) is 5.56 Å². The summed E-state index contributed by atoms with van der Waals surface area (Å²) in [4.78, 5) is 8.43. The number of pyridine rings is 2. The number of aryl methyl sites for hydroxylation is 1. The zero-order valence-corrected chi connectivity index (χ0v) is 12.1. The predicted octanol–water partition coefficient (Wildman–Crippen LogP) is 3.34. The maximum absolute atomic E-state index is 11.5. The van der Waals surface area contributed by atoms with Crippen LogP contribution in [0.5, 0.6) is 0 Å². The summed E-state index contributed by atoms with van der Waals surface area (Å²) < 4.78 is 11.5. The summed E-state index contributed by atoms with van der Waals surface area (Å²) in [5.41, 5.74) is 3.24. The van der Waals surface area contributed by atoms with Gasteiger partial charge < -0.3 is 0 Å². The van der Waals surface area contributed by atoms with Gasteiger partial charge in [-0.1, -0.05) is 12.1 Å². The van der Waals surface area contributed by atoms with Crippen molar-refractivity contribution in [1.29, 1.82) is 0 Å². The maximum atomic E-state index is 11.5. The third-order valence-electron chi connectivity index (χ3n) is 3.33. The molecule has 0 bridgehead atoms. The second kappa shape index (κ2) is 5.13. The van der Waals surface area contributed by atoms with E-state index in [1.807, 2.05) is 25.3 Å². The molecule has 0 saturated carbocycles. The molecule has 4 heteroatoms. The van der Waals surface area contributed by atoms with Gasteiger partial charge in [0.15, 0.2) is 0 Å². The summed E-state index contributed by atoms with van der Waals surface area (Å²) >= 11 is 0. The van der Waals surface area contributed by atoms with E-state index in [1.165, 1.54) is 5.39 Å². The van der Waals surface area contributed by atoms with Crippen LogP contribution >= 0.6 is 0 Å². The fourth-order valence-electron chi connectivity index (χ4n) is 2.24. The highest BCUT2D eigenvalue weighted by Crippen LogP contribution is 2.26. The number of aromatic nitrogens is 2. The molecular formula is C16H14N2OS. The summed E-state index contributed by atoms with van der Waals surface area (Å²) in [5.74, 6) is 0. The fourth-order valence-corrected chi connectivity index (χ4v) is 2.79. The summed E-state index contributed by atoms with van der Waals surface area (Å²) in [5, 5.41) is 2.89. The van der Waals surface area contributed by atoms with Gasteiger partial charge in [-0.05, 0) is 41.6 Å². The molecule has 0 aliphatic rings. The number of benzene rings is 1. The first-order valence-corrected chi connectivity index (χ1v) is 7.85. The number of fused-ring (bicyclic) bond motifs is 1. The van der Waals surface area contributed by atoms with Crippen LogP contribution in [0.3, 0.4) is 0 Å². The van der Waals surface area contributed by atoms with Crippen LogP contribution in [0.25, 0.3) is 21.9 Å². The van der Waals surface area contributed by atoms with Crippen LogP contribution in [0, 0.1) is 6.92 Å². The first-order chi connectivity index (χ1) is 9.65. The van der Waals surface area contributed by atoms with Gasteiger partial charge >= 0.3 is 0 Å². The zero-order chi connectivity index (χ0) is 14.1. The van der Waals surface area contributed by atoms with Gasteiger partial charge in [0.1, 0.15) is 5.03 Å². The molecule has 0 saturated heterocycles. The Kier molecular flexibility index (Phi) is 3.32. The minimum absolute atomic E-state index is 0.619. The number of hydrogen-bond acceptors (Lipinski definition) is 3. The Bertz CT molecular complexity index is 814. The van der Waals surface area contributed by atoms with E-state index in [1.54, 1.807) is 18.6 Å². The van der Waals surface area contributed by atoms with Crippen LogP contribution in [-0.4, -0.2) is 20.4 Å². The first kappa shape index (κ1) is 12.9. The quantitative estimate of drug-likeness (QED) is 0.724. The molecule has 0 aliphatic carbocycles. The predicted molar refractivity (Wildman–Crippen MR) is 82.0 cm³/mol. The monoisotopic (exact) mass is 282 g/mol. The van der Waals surface area contributed by atoms with Gasteiger partial charge in [0.25, 0.3) is 0 Å². The Morgan fingerprint density at radius 1 is 1.05 bits per heavy atom. The average molecular weight is 282 g/mol. The molecule has 1 atom stereocenters. The minimum Gasteiger partial charge on any atom is -0.264 e. The lowest BCUT2D eigenvalue weighted by Crippen LogP contribution is -1.95. The first-order valence-electron chi connectivity index (χ1n) is 6.29. The summed E-state index contributed by atoms with van der Waals surface area (Å²) in [6.07, 6.45) is 7.09. The van der Waals surface area contributed by atoms with E-state index in [-0.39, 0.29) is 0 Å². The molecule has 0 radical (unpaired) electrons. The van der Waals surface area contributed by atoms with Crippen molar-refractivity contribution in [2.45, 2.75) is 11.9 Å². The van der Waals surface area contributed by atoms with Crippen molar-refractivity contribution < 1.29 is 4.21 Å². The van der Waals surface area contributed by atoms with Crippen molar-refractivity contribution in [3.8, 4) is 11.1 Å². The third-order valence-corrected chi connectivity index (χ3v) is 4.14. The lowest BCUT2D eigenvalue weighted by molar-refractivity contribution is 0.684. The summed E-state index contributed by atoms with van der Waals surface area (Å²) in [6.45, 7) is 2.01.